The molecule has 3 aliphatic heterocycles. The molecule has 0 unspecified atom stereocenters. The van der Waals surface area contributed by atoms with Gasteiger partial charge in [0.1, 0.15) is 0 Å². The summed E-state index contributed by atoms with van der Waals surface area (Å²) in [6.07, 6.45) is 2.69. The minimum atomic E-state index is 0.615. The SMILES string of the molecule is CC.CC(C)c1cccc(CN2CC(C(C)C)C2)c1.CC(C)c1cccc(N2CCC(CN3CCN(C)CC3)CC2)c1. The van der Waals surface area contributed by atoms with E-state index in [9.17, 15) is 0 Å². The van der Waals surface area contributed by atoms with Gasteiger partial charge in [-0.1, -0.05) is 91.8 Å². The van der Waals surface area contributed by atoms with Gasteiger partial charge in [0.05, 0.1) is 0 Å². The highest BCUT2D eigenvalue weighted by atomic mass is 15.2. The van der Waals surface area contributed by atoms with Crippen LogP contribution in [-0.4, -0.2) is 80.7 Å². The third-order valence-electron chi connectivity index (χ3n) is 9.58. The van der Waals surface area contributed by atoms with Crippen LogP contribution in [0.1, 0.15) is 96.8 Å². The van der Waals surface area contributed by atoms with Crippen molar-refractivity contribution in [1.29, 1.82) is 0 Å². The molecule has 3 fully saturated rings. The average Bonchev–Trinajstić information content (AvgIpc) is 2.98. The van der Waals surface area contributed by atoms with Crippen molar-refractivity contribution >= 4 is 5.69 Å². The molecule has 3 aliphatic rings. The highest BCUT2D eigenvalue weighted by Gasteiger charge is 2.28. The van der Waals surface area contributed by atoms with E-state index in [-0.39, 0.29) is 0 Å². The monoisotopic (exact) mass is 577 g/mol. The van der Waals surface area contributed by atoms with Gasteiger partial charge in [-0.05, 0) is 78.3 Å². The number of benzene rings is 2. The number of piperazine rings is 1. The van der Waals surface area contributed by atoms with E-state index in [1.165, 1.54) is 94.1 Å². The molecule has 4 nitrogen and oxygen atoms in total. The first-order valence-electron chi connectivity index (χ1n) is 17.2. The smallest absolute Gasteiger partial charge is 0.0369 e. The number of likely N-dealkylation sites (N-methyl/N-ethyl adjacent to an activating group) is 1. The Balaban J connectivity index is 0.000000227. The van der Waals surface area contributed by atoms with E-state index in [0.29, 0.717) is 11.8 Å². The summed E-state index contributed by atoms with van der Waals surface area (Å²) in [5.41, 5.74) is 5.82. The van der Waals surface area contributed by atoms with Crippen molar-refractivity contribution in [3.63, 3.8) is 0 Å². The van der Waals surface area contributed by atoms with E-state index >= 15 is 0 Å². The third-order valence-corrected chi connectivity index (χ3v) is 9.58. The van der Waals surface area contributed by atoms with E-state index in [2.05, 4.69) is 117 Å². The van der Waals surface area contributed by atoms with Crippen LogP contribution in [0.15, 0.2) is 48.5 Å². The predicted molar refractivity (Wildman–Crippen MR) is 185 cm³/mol. The molecule has 3 heterocycles. The van der Waals surface area contributed by atoms with Gasteiger partial charge in [-0.2, -0.15) is 0 Å². The van der Waals surface area contributed by atoms with Crippen molar-refractivity contribution < 1.29 is 0 Å². The van der Waals surface area contributed by atoms with Crippen LogP contribution in [0, 0.1) is 17.8 Å². The minimum Gasteiger partial charge on any atom is -0.372 e. The van der Waals surface area contributed by atoms with E-state index in [1.54, 1.807) is 0 Å². The fourth-order valence-electron chi connectivity index (χ4n) is 6.32. The van der Waals surface area contributed by atoms with E-state index in [4.69, 9.17) is 0 Å². The van der Waals surface area contributed by atoms with Crippen molar-refractivity contribution in [2.45, 2.75) is 86.6 Å². The predicted octanol–water partition coefficient (Wildman–Crippen LogP) is 8.20. The Labute approximate surface area is 260 Å². The van der Waals surface area contributed by atoms with Gasteiger partial charge in [0.15, 0.2) is 0 Å². The standard InChI is InChI=1S/C20H33N3.C16H25N.C2H6/c1-17(2)19-5-4-6-20(15-19)23-9-7-18(8-10-23)16-22-13-11-21(3)12-14-22;1-12(2)15-7-5-6-14(8-15)9-17-10-16(11-17)13(3)4;1-2/h4-6,15,17-18H,7-14,16H2,1-3H3;5-8,12-13,16H,9-11H2,1-4H3;1-2H3. The second-order valence-corrected chi connectivity index (χ2v) is 13.9. The van der Waals surface area contributed by atoms with Crippen LogP contribution in [0.25, 0.3) is 0 Å². The maximum atomic E-state index is 2.68. The van der Waals surface area contributed by atoms with Gasteiger partial charge in [-0.3, -0.25) is 4.90 Å². The Kier molecular flexibility index (Phi) is 14.4. The van der Waals surface area contributed by atoms with Gasteiger partial charge in [0, 0.05) is 71.1 Å². The quantitative estimate of drug-likeness (QED) is 0.314. The summed E-state index contributed by atoms with van der Waals surface area (Å²) in [4.78, 5) is 10.3. The van der Waals surface area contributed by atoms with Gasteiger partial charge < -0.3 is 14.7 Å². The van der Waals surface area contributed by atoms with Crippen molar-refractivity contribution in [3.8, 4) is 0 Å². The Morgan fingerprint density at radius 3 is 1.83 bits per heavy atom. The summed E-state index contributed by atoms with van der Waals surface area (Å²) in [5.74, 6) is 3.90. The number of anilines is 1. The Morgan fingerprint density at radius 1 is 0.690 bits per heavy atom. The topological polar surface area (TPSA) is 13.0 Å². The first-order valence-corrected chi connectivity index (χ1v) is 17.2. The number of likely N-dealkylation sites (tertiary alicyclic amines) is 1. The molecule has 0 spiro atoms. The fraction of sp³-hybridized carbons (Fsp3) is 0.684. The van der Waals surface area contributed by atoms with Crippen LogP contribution in [0.3, 0.4) is 0 Å². The van der Waals surface area contributed by atoms with Gasteiger partial charge in [0.2, 0.25) is 0 Å². The Morgan fingerprint density at radius 2 is 1.26 bits per heavy atom. The van der Waals surface area contributed by atoms with Gasteiger partial charge in [0.25, 0.3) is 0 Å². The zero-order chi connectivity index (χ0) is 30.6. The molecule has 0 saturated carbocycles. The molecule has 2 aromatic carbocycles. The lowest BCUT2D eigenvalue weighted by Gasteiger charge is -2.41. The largest absolute Gasteiger partial charge is 0.372 e. The zero-order valence-corrected chi connectivity index (χ0v) is 28.8. The molecule has 0 bridgehead atoms. The molecule has 236 valence electrons. The summed E-state index contributed by atoms with van der Waals surface area (Å²) >= 11 is 0. The maximum absolute atomic E-state index is 2.68. The van der Waals surface area contributed by atoms with Crippen LogP contribution in [0.2, 0.25) is 0 Å². The molecule has 42 heavy (non-hydrogen) atoms. The second kappa shape index (κ2) is 17.4. The molecular weight excluding hydrogens is 512 g/mol. The van der Waals surface area contributed by atoms with Gasteiger partial charge in [-0.25, -0.2) is 0 Å². The number of piperidine rings is 1. The normalized spacial score (nSPS) is 19.4. The molecule has 0 radical (unpaired) electrons. The number of hydrogen-bond donors (Lipinski definition) is 0. The van der Waals surface area contributed by atoms with Crippen molar-refractivity contribution in [1.82, 2.24) is 14.7 Å². The third kappa shape index (κ3) is 10.7. The summed E-state index contributed by atoms with van der Waals surface area (Å²) in [7, 11) is 2.24. The first-order chi connectivity index (χ1) is 20.2. The average molecular weight is 577 g/mol. The molecular formula is C38H64N4. The van der Waals surface area contributed by atoms with Crippen molar-refractivity contribution in [2.24, 2.45) is 17.8 Å². The van der Waals surface area contributed by atoms with E-state index in [0.717, 1.165) is 24.3 Å². The molecule has 0 N–H and O–H groups in total. The molecule has 0 aliphatic carbocycles. The molecule has 2 aromatic rings. The first kappa shape index (κ1) is 34.6. The van der Waals surface area contributed by atoms with Crippen LogP contribution in [0.4, 0.5) is 5.69 Å². The lowest BCUT2D eigenvalue weighted by atomic mass is 9.88. The van der Waals surface area contributed by atoms with E-state index < -0.39 is 0 Å². The van der Waals surface area contributed by atoms with Crippen molar-refractivity contribution in [2.75, 3.05) is 70.9 Å². The molecule has 0 aromatic heterocycles. The number of rotatable bonds is 8. The van der Waals surface area contributed by atoms with Crippen molar-refractivity contribution in [3.05, 3.63) is 65.2 Å². The summed E-state index contributed by atoms with van der Waals surface area (Å²) < 4.78 is 0. The second-order valence-electron chi connectivity index (χ2n) is 13.9. The maximum Gasteiger partial charge on any atom is 0.0369 e. The Hall–Kier alpha value is -1.88. The minimum absolute atomic E-state index is 0.615. The lowest BCUT2D eigenvalue weighted by molar-refractivity contribution is 0.0614. The summed E-state index contributed by atoms with van der Waals surface area (Å²) in [6.45, 7) is 30.2. The molecule has 5 rings (SSSR count). The molecule has 3 saturated heterocycles. The number of nitrogens with zero attached hydrogens (tertiary/aromatic N) is 4. The lowest BCUT2D eigenvalue weighted by Crippen LogP contribution is -2.48. The molecule has 0 amide bonds. The summed E-state index contributed by atoms with van der Waals surface area (Å²) in [6, 6.07) is 18.2. The van der Waals surface area contributed by atoms with Crippen LogP contribution in [0.5, 0.6) is 0 Å². The zero-order valence-electron chi connectivity index (χ0n) is 28.8. The van der Waals surface area contributed by atoms with Crippen LogP contribution >= 0.6 is 0 Å². The molecule has 0 atom stereocenters. The Bertz CT molecular complexity index is 1010. The van der Waals surface area contributed by atoms with Gasteiger partial charge in [-0.15, -0.1) is 0 Å². The molecule has 4 heteroatoms. The van der Waals surface area contributed by atoms with E-state index in [1.807, 2.05) is 13.8 Å². The number of hydrogen-bond acceptors (Lipinski definition) is 4. The van der Waals surface area contributed by atoms with Gasteiger partial charge >= 0.3 is 0 Å². The van der Waals surface area contributed by atoms with Crippen LogP contribution in [-0.2, 0) is 6.54 Å². The highest BCUT2D eigenvalue weighted by molar-refractivity contribution is 5.49. The highest BCUT2D eigenvalue weighted by Crippen LogP contribution is 2.28. The summed E-state index contributed by atoms with van der Waals surface area (Å²) in [5, 5.41) is 0. The van der Waals surface area contributed by atoms with Crippen LogP contribution < -0.4 is 4.90 Å². The fourth-order valence-corrected chi connectivity index (χ4v) is 6.32.